The van der Waals surface area contributed by atoms with Crippen LogP contribution in [0.4, 0.5) is 5.69 Å². The van der Waals surface area contributed by atoms with E-state index < -0.39 is 0 Å². The molecule has 0 saturated carbocycles. The molecule has 0 aliphatic rings. The van der Waals surface area contributed by atoms with Crippen molar-refractivity contribution < 1.29 is 14.2 Å². The molecule has 0 atom stereocenters. The lowest BCUT2D eigenvalue weighted by atomic mass is 10.1. The molecule has 2 aromatic rings. The first-order valence-corrected chi connectivity index (χ1v) is 7.36. The van der Waals surface area contributed by atoms with Crippen LogP contribution in [-0.4, -0.2) is 20.3 Å². The second-order valence-electron chi connectivity index (χ2n) is 5.22. The molecule has 0 bridgehead atoms. The number of nitrogen functional groups attached to an aromatic ring is 1. The predicted molar refractivity (Wildman–Crippen MR) is 88.9 cm³/mol. The number of aryl methyl sites for hydroxylation is 2. The van der Waals surface area contributed by atoms with E-state index in [4.69, 9.17) is 19.9 Å². The zero-order valence-electron chi connectivity index (χ0n) is 13.4. The summed E-state index contributed by atoms with van der Waals surface area (Å²) in [4.78, 5) is 0. The molecule has 118 valence electrons. The molecule has 0 unspecified atom stereocenters. The van der Waals surface area contributed by atoms with Crippen molar-refractivity contribution >= 4 is 5.69 Å². The van der Waals surface area contributed by atoms with Gasteiger partial charge in [-0.1, -0.05) is 17.7 Å². The first-order chi connectivity index (χ1) is 10.6. The summed E-state index contributed by atoms with van der Waals surface area (Å²) in [6.45, 7) is 5.29. The maximum Gasteiger partial charge on any atom is 0.142 e. The zero-order valence-corrected chi connectivity index (χ0v) is 13.4. The van der Waals surface area contributed by atoms with E-state index in [2.05, 4.69) is 26.0 Å². The largest absolute Gasteiger partial charge is 0.497 e. The normalized spacial score (nSPS) is 10.3. The van der Waals surface area contributed by atoms with Gasteiger partial charge in [0.1, 0.15) is 17.2 Å². The predicted octanol–water partition coefficient (Wildman–Crippen LogP) is 3.74. The third-order valence-corrected chi connectivity index (χ3v) is 3.35. The van der Waals surface area contributed by atoms with Crippen molar-refractivity contribution in [3.8, 4) is 17.2 Å². The maximum absolute atomic E-state index is 5.90. The number of rotatable bonds is 7. The Labute approximate surface area is 131 Å². The van der Waals surface area contributed by atoms with Gasteiger partial charge in [-0.15, -0.1) is 0 Å². The summed E-state index contributed by atoms with van der Waals surface area (Å²) in [5.74, 6) is 2.32. The Kier molecular flexibility index (Phi) is 5.53. The molecule has 4 nitrogen and oxygen atoms in total. The smallest absolute Gasteiger partial charge is 0.142 e. The van der Waals surface area contributed by atoms with Gasteiger partial charge in [0.2, 0.25) is 0 Å². The van der Waals surface area contributed by atoms with Crippen LogP contribution < -0.4 is 19.9 Å². The molecule has 2 rings (SSSR count). The van der Waals surface area contributed by atoms with Crippen LogP contribution in [0.3, 0.4) is 0 Å². The van der Waals surface area contributed by atoms with Crippen molar-refractivity contribution in [2.24, 2.45) is 0 Å². The highest BCUT2D eigenvalue weighted by Gasteiger charge is 2.03. The van der Waals surface area contributed by atoms with E-state index in [-0.39, 0.29) is 0 Å². The number of hydrogen-bond acceptors (Lipinski definition) is 4. The van der Waals surface area contributed by atoms with Gasteiger partial charge in [-0.2, -0.15) is 0 Å². The fourth-order valence-corrected chi connectivity index (χ4v) is 2.17. The minimum atomic E-state index is 0.557. The van der Waals surface area contributed by atoms with Crippen molar-refractivity contribution in [2.45, 2.75) is 20.3 Å². The van der Waals surface area contributed by atoms with E-state index in [1.165, 1.54) is 5.56 Å². The lowest BCUT2D eigenvalue weighted by Gasteiger charge is -2.12. The van der Waals surface area contributed by atoms with Gasteiger partial charge < -0.3 is 19.9 Å². The molecule has 0 aliphatic carbocycles. The maximum atomic E-state index is 5.90. The molecule has 22 heavy (non-hydrogen) atoms. The lowest BCUT2D eigenvalue weighted by Crippen LogP contribution is -2.06. The van der Waals surface area contributed by atoms with Crippen molar-refractivity contribution in [1.82, 2.24) is 0 Å². The molecular formula is C18H23NO3. The third-order valence-electron chi connectivity index (χ3n) is 3.35. The minimum Gasteiger partial charge on any atom is -0.497 e. The standard InChI is InChI=1S/C18H23NO3/c1-13-5-7-17(14(2)11-13)21-9-4-10-22-18-8-6-15(20-3)12-16(18)19/h5-8,11-12H,4,9-10,19H2,1-3H3. The third kappa shape index (κ3) is 4.32. The Morgan fingerprint density at radius 1 is 0.909 bits per heavy atom. The highest BCUT2D eigenvalue weighted by molar-refractivity contribution is 5.56. The number of benzene rings is 2. The first kappa shape index (κ1) is 16.0. The van der Waals surface area contributed by atoms with Gasteiger partial charge in [-0.25, -0.2) is 0 Å². The van der Waals surface area contributed by atoms with E-state index in [0.29, 0.717) is 24.7 Å². The summed E-state index contributed by atoms with van der Waals surface area (Å²) in [6.07, 6.45) is 0.790. The van der Waals surface area contributed by atoms with Crippen LogP contribution >= 0.6 is 0 Å². The number of nitrogens with two attached hydrogens (primary N) is 1. The number of anilines is 1. The van der Waals surface area contributed by atoms with E-state index >= 15 is 0 Å². The van der Waals surface area contributed by atoms with Crippen molar-refractivity contribution in [1.29, 1.82) is 0 Å². The molecule has 2 N–H and O–H groups in total. The summed E-state index contributed by atoms with van der Waals surface area (Å²) in [5, 5.41) is 0. The summed E-state index contributed by atoms with van der Waals surface area (Å²) in [5.41, 5.74) is 8.87. The lowest BCUT2D eigenvalue weighted by molar-refractivity contribution is 0.247. The minimum absolute atomic E-state index is 0.557. The second kappa shape index (κ2) is 7.59. The van der Waals surface area contributed by atoms with Gasteiger partial charge in [0.05, 0.1) is 26.0 Å². The molecule has 0 aromatic heterocycles. The van der Waals surface area contributed by atoms with Gasteiger partial charge in [0, 0.05) is 12.5 Å². The zero-order chi connectivity index (χ0) is 15.9. The average molecular weight is 301 g/mol. The molecular weight excluding hydrogens is 278 g/mol. The number of ether oxygens (including phenoxy) is 3. The summed E-state index contributed by atoms with van der Waals surface area (Å²) >= 11 is 0. The van der Waals surface area contributed by atoms with Crippen LogP contribution in [0.15, 0.2) is 36.4 Å². The monoisotopic (exact) mass is 301 g/mol. The first-order valence-electron chi connectivity index (χ1n) is 7.36. The van der Waals surface area contributed by atoms with Crippen LogP contribution in [-0.2, 0) is 0 Å². The molecule has 0 aliphatic heterocycles. The molecule has 2 aromatic carbocycles. The van der Waals surface area contributed by atoms with E-state index in [1.807, 2.05) is 18.2 Å². The second-order valence-corrected chi connectivity index (χ2v) is 5.22. The Bertz CT molecular complexity index is 626. The molecule has 0 radical (unpaired) electrons. The van der Waals surface area contributed by atoms with Crippen LogP contribution in [0.1, 0.15) is 17.5 Å². The molecule has 0 fully saturated rings. The molecule has 0 spiro atoms. The van der Waals surface area contributed by atoms with Gasteiger partial charge in [-0.05, 0) is 37.6 Å². The quantitative estimate of drug-likeness (QED) is 0.625. The van der Waals surface area contributed by atoms with Crippen molar-refractivity contribution in [2.75, 3.05) is 26.1 Å². The highest BCUT2D eigenvalue weighted by atomic mass is 16.5. The van der Waals surface area contributed by atoms with Crippen LogP contribution in [0, 0.1) is 13.8 Å². The Morgan fingerprint density at radius 3 is 2.23 bits per heavy atom. The van der Waals surface area contributed by atoms with Gasteiger partial charge in [0.15, 0.2) is 0 Å². The highest BCUT2D eigenvalue weighted by Crippen LogP contribution is 2.26. The number of methoxy groups -OCH3 is 1. The average Bonchev–Trinajstić information content (AvgIpc) is 2.50. The topological polar surface area (TPSA) is 53.7 Å². The van der Waals surface area contributed by atoms with Crippen molar-refractivity contribution in [3.05, 3.63) is 47.5 Å². The summed E-state index contributed by atoms with van der Waals surface area (Å²) < 4.78 is 16.5. The number of hydrogen-bond donors (Lipinski definition) is 1. The fourth-order valence-electron chi connectivity index (χ4n) is 2.17. The van der Waals surface area contributed by atoms with E-state index in [9.17, 15) is 0 Å². The molecule has 0 saturated heterocycles. The van der Waals surface area contributed by atoms with Crippen LogP contribution in [0.25, 0.3) is 0 Å². The molecule has 0 amide bonds. The van der Waals surface area contributed by atoms with E-state index in [1.54, 1.807) is 13.2 Å². The van der Waals surface area contributed by atoms with Crippen LogP contribution in [0.2, 0.25) is 0 Å². The SMILES string of the molecule is COc1ccc(OCCCOc2ccc(C)cc2C)c(N)c1. The summed E-state index contributed by atoms with van der Waals surface area (Å²) in [6, 6.07) is 11.6. The molecule has 4 heteroatoms. The summed E-state index contributed by atoms with van der Waals surface area (Å²) in [7, 11) is 1.61. The Balaban J connectivity index is 1.75. The van der Waals surface area contributed by atoms with Gasteiger partial charge in [0.25, 0.3) is 0 Å². The fraction of sp³-hybridized carbons (Fsp3) is 0.333. The Hall–Kier alpha value is -2.36. The van der Waals surface area contributed by atoms with Gasteiger partial charge in [-0.3, -0.25) is 0 Å². The van der Waals surface area contributed by atoms with Crippen LogP contribution in [0.5, 0.6) is 17.2 Å². The van der Waals surface area contributed by atoms with Gasteiger partial charge >= 0.3 is 0 Å². The van der Waals surface area contributed by atoms with E-state index in [0.717, 1.165) is 23.5 Å². The Morgan fingerprint density at radius 2 is 1.59 bits per heavy atom. The van der Waals surface area contributed by atoms with Crippen molar-refractivity contribution in [3.63, 3.8) is 0 Å². The molecule has 0 heterocycles.